The second-order valence-corrected chi connectivity index (χ2v) is 6.48. The summed E-state index contributed by atoms with van der Waals surface area (Å²) in [5, 5.41) is 0.362. The first-order valence-corrected chi connectivity index (χ1v) is 8.56. The predicted octanol–water partition coefficient (Wildman–Crippen LogP) is 3.16. The molecule has 2 N–H and O–H groups in total. The van der Waals surface area contributed by atoms with Gasteiger partial charge in [0.25, 0.3) is 11.8 Å². The highest BCUT2D eigenvalue weighted by Crippen LogP contribution is 2.31. The molecule has 0 aromatic heterocycles. The summed E-state index contributed by atoms with van der Waals surface area (Å²) >= 11 is 9.36. The minimum Gasteiger partial charge on any atom is -0.484 e. The van der Waals surface area contributed by atoms with Gasteiger partial charge in [-0.15, -0.1) is 0 Å². The molecule has 2 aromatic carbocycles. The van der Waals surface area contributed by atoms with Crippen molar-refractivity contribution in [3.63, 3.8) is 0 Å². The Hall–Kier alpha value is -2.32. The molecule has 0 aliphatic rings. The van der Waals surface area contributed by atoms with Crippen molar-refractivity contribution in [1.29, 1.82) is 0 Å². The van der Waals surface area contributed by atoms with Crippen LogP contribution in [0.1, 0.15) is 5.56 Å². The summed E-state index contributed by atoms with van der Waals surface area (Å²) in [6.07, 6.45) is 0. The summed E-state index contributed by atoms with van der Waals surface area (Å²) < 4.78 is 24.1. The van der Waals surface area contributed by atoms with Crippen LogP contribution in [0.2, 0.25) is 5.02 Å². The number of hydrazine groups is 1. The van der Waals surface area contributed by atoms with Gasteiger partial charge in [0.2, 0.25) is 0 Å². The van der Waals surface area contributed by atoms with E-state index in [4.69, 9.17) is 21.1 Å². The number of benzene rings is 2. The summed E-state index contributed by atoms with van der Waals surface area (Å²) in [6, 6.07) is 8.64. The van der Waals surface area contributed by atoms with Crippen molar-refractivity contribution in [1.82, 2.24) is 10.9 Å². The lowest BCUT2D eigenvalue weighted by atomic mass is 10.2. The summed E-state index contributed by atoms with van der Waals surface area (Å²) in [5.41, 5.74) is 5.13. The van der Waals surface area contributed by atoms with Gasteiger partial charge < -0.3 is 9.47 Å². The van der Waals surface area contributed by atoms with Crippen LogP contribution >= 0.6 is 27.5 Å². The average molecular weight is 446 g/mol. The number of aryl methyl sites for hydroxylation is 1. The van der Waals surface area contributed by atoms with Gasteiger partial charge in [-0.25, -0.2) is 4.39 Å². The summed E-state index contributed by atoms with van der Waals surface area (Å²) in [5.74, 6) is -0.846. The molecule has 0 unspecified atom stereocenters. The number of ether oxygens (including phenoxy) is 2. The van der Waals surface area contributed by atoms with Gasteiger partial charge in [-0.05, 0) is 48.9 Å². The van der Waals surface area contributed by atoms with Crippen LogP contribution in [0.4, 0.5) is 4.39 Å². The molecular weight excluding hydrogens is 431 g/mol. The van der Waals surface area contributed by atoms with Gasteiger partial charge in [0.1, 0.15) is 17.3 Å². The van der Waals surface area contributed by atoms with Crippen molar-refractivity contribution in [2.45, 2.75) is 6.92 Å². The molecule has 0 spiro atoms. The van der Waals surface area contributed by atoms with E-state index in [1.165, 1.54) is 24.3 Å². The number of rotatable bonds is 6. The number of halogens is 3. The molecule has 0 saturated carbocycles. The van der Waals surface area contributed by atoms with Gasteiger partial charge in [-0.2, -0.15) is 0 Å². The first-order chi connectivity index (χ1) is 12.3. The van der Waals surface area contributed by atoms with Crippen LogP contribution in [0.15, 0.2) is 40.9 Å². The topological polar surface area (TPSA) is 76.7 Å². The van der Waals surface area contributed by atoms with E-state index in [1.807, 2.05) is 0 Å². The van der Waals surface area contributed by atoms with Crippen LogP contribution in [-0.2, 0) is 9.59 Å². The summed E-state index contributed by atoms with van der Waals surface area (Å²) in [6.45, 7) is 1.12. The van der Waals surface area contributed by atoms with Gasteiger partial charge in [-0.1, -0.05) is 27.5 Å². The van der Waals surface area contributed by atoms with Crippen molar-refractivity contribution < 1.29 is 23.5 Å². The maximum atomic E-state index is 12.8. The molecule has 0 bridgehead atoms. The molecular formula is C17H15BrClFN2O4. The van der Waals surface area contributed by atoms with Crippen molar-refractivity contribution in [2.24, 2.45) is 0 Å². The van der Waals surface area contributed by atoms with Crippen LogP contribution in [0.3, 0.4) is 0 Å². The van der Waals surface area contributed by atoms with Gasteiger partial charge in [0.05, 0.1) is 5.02 Å². The molecule has 2 rings (SSSR count). The molecule has 0 heterocycles. The van der Waals surface area contributed by atoms with Crippen LogP contribution in [0, 0.1) is 12.7 Å². The minimum absolute atomic E-state index is 0.330. The average Bonchev–Trinajstić information content (AvgIpc) is 2.58. The van der Waals surface area contributed by atoms with Crippen LogP contribution in [0.5, 0.6) is 11.5 Å². The molecule has 0 atom stereocenters. The van der Waals surface area contributed by atoms with E-state index >= 15 is 0 Å². The Balaban J connectivity index is 1.73. The van der Waals surface area contributed by atoms with Gasteiger partial charge >= 0.3 is 0 Å². The van der Waals surface area contributed by atoms with Crippen molar-refractivity contribution >= 4 is 39.3 Å². The van der Waals surface area contributed by atoms with Gasteiger partial charge in [-0.3, -0.25) is 20.4 Å². The number of carbonyl (C=O) groups excluding carboxylic acids is 2. The van der Waals surface area contributed by atoms with E-state index in [-0.39, 0.29) is 13.2 Å². The third-order valence-electron chi connectivity index (χ3n) is 3.07. The Morgan fingerprint density at radius 3 is 2.23 bits per heavy atom. The Morgan fingerprint density at radius 1 is 1.08 bits per heavy atom. The number of nitrogens with one attached hydrogen (secondary N) is 2. The highest BCUT2D eigenvalue weighted by molar-refractivity contribution is 9.10. The predicted molar refractivity (Wildman–Crippen MR) is 97.6 cm³/mol. The minimum atomic E-state index is -0.583. The third kappa shape index (κ3) is 6.20. The number of amides is 2. The Morgan fingerprint density at radius 2 is 1.65 bits per heavy atom. The lowest BCUT2D eigenvalue weighted by molar-refractivity contribution is -0.131. The number of hydrogen-bond donors (Lipinski definition) is 2. The van der Waals surface area contributed by atoms with Gasteiger partial charge in [0, 0.05) is 4.47 Å². The van der Waals surface area contributed by atoms with Crippen molar-refractivity contribution in [3.05, 3.63) is 57.3 Å². The number of hydrogen-bond acceptors (Lipinski definition) is 4. The Bertz CT molecular complexity index is 779. The SMILES string of the molecule is Cc1cc(Br)cc(Cl)c1OCC(=O)NNC(=O)COc1ccc(F)cc1. The molecule has 138 valence electrons. The van der Waals surface area contributed by atoms with Crippen LogP contribution < -0.4 is 20.3 Å². The second-order valence-electron chi connectivity index (χ2n) is 5.16. The molecule has 0 aliphatic heterocycles. The first-order valence-electron chi connectivity index (χ1n) is 7.39. The fraction of sp³-hybridized carbons (Fsp3) is 0.176. The first kappa shape index (κ1) is 20.0. The van der Waals surface area contributed by atoms with Crippen LogP contribution in [-0.4, -0.2) is 25.0 Å². The van der Waals surface area contributed by atoms with Crippen molar-refractivity contribution in [2.75, 3.05) is 13.2 Å². The molecule has 2 amide bonds. The smallest absolute Gasteiger partial charge is 0.276 e. The second kappa shape index (κ2) is 9.40. The zero-order valence-corrected chi connectivity index (χ0v) is 16.0. The summed E-state index contributed by atoms with van der Waals surface area (Å²) in [4.78, 5) is 23.4. The van der Waals surface area contributed by atoms with Crippen LogP contribution in [0.25, 0.3) is 0 Å². The highest BCUT2D eigenvalue weighted by Gasteiger charge is 2.11. The van der Waals surface area contributed by atoms with E-state index in [0.29, 0.717) is 16.5 Å². The lowest BCUT2D eigenvalue weighted by Gasteiger charge is -2.12. The van der Waals surface area contributed by atoms with Crippen molar-refractivity contribution in [3.8, 4) is 11.5 Å². The molecule has 0 saturated heterocycles. The zero-order valence-electron chi connectivity index (χ0n) is 13.6. The quantitative estimate of drug-likeness (QED) is 0.670. The maximum Gasteiger partial charge on any atom is 0.276 e. The fourth-order valence-electron chi connectivity index (χ4n) is 1.90. The Kier molecular flexibility index (Phi) is 7.23. The summed E-state index contributed by atoms with van der Waals surface area (Å²) in [7, 11) is 0. The third-order valence-corrected chi connectivity index (χ3v) is 3.81. The van der Waals surface area contributed by atoms with E-state index < -0.39 is 17.6 Å². The molecule has 6 nitrogen and oxygen atoms in total. The van der Waals surface area contributed by atoms with E-state index in [2.05, 4.69) is 26.8 Å². The maximum absolute atomic E-state index is 12.8. The molecule has 26 heavy (non-hydrogen) atoms. The van der Waals surface area contributed by atoms with E-state index in [1.54, 1.807) is 19.1 Å². The highest BCUT2D eigenvalue weighted by atomic mass is 79.9. The van der Waals surface area contributed by atoms with E-state index in [0.717, 1.165) is 10.0 Å². The number of carbonyl (C=O) groups is 2. The van der Waals surface area contributed by atoms with Gasteiger partial charge in [0.15, 0.2) is 13.2 Å². The van der Waals surface area contributed by atoms with E-state index in [9.17, 15) is 14.0 Å². The Labute approximate surface area is 162 Å². The normalized spacial score (nSPS) is 10.2. The lowest BCUT2D eigenvalue weighted by Crippen LogP contribution is -2.45. The zero-order chi connectivity index (χ0) is 19.1. The standard InChI is InChI=1S/C17H15BrClFN2O4/c1-10-6-11(18)7-14(19)17(10)26-9-16(24)22-21-15(23)8-25-13-4-2-12(20)3-5-13/h2-7H,8-9H2,1H3,(H,21,23)(H,22,24). The fourth-order valence-corrected chi connectivity index (χ4v) is 2.93. The largest absolute Gasteiger partial charge is 0.484 e. The molecule has 2 aromatic rings. The molecule has 0 radical (unpaired) electrons. The molecule has 0 aliphatic carbocycles. The molecule has 0 fully saturated rings. The monoisotopic (exact) mass is 444 g/mol. The molecule has 9 heteroatoms.